The molecular weight excluding hydrogens is 206 g/mol. The standard InChI is InChI=1S/C8H7NO4S/c10-7(11)4-1-9-3-14-2-5(9)6(4)8(12)13/h1H,2-3H2,(H,10,11)(H,12,13). The number of aromatic carboxylic acids is 2. The van der Waals surface area contributed by atoms with E-state index in [0.717, 1.165) is 0 Å². The summed E-state index contributed by atoms with van der Waals surface area (Å²) in [5.74, 6) is -1.16. The van der Waals surface area contributed by atoms with Crippen molar-refractivity contribution in [2.24, 2.45) is 0 Å². The third-order valence-electron chi connectivity index (χ3n) is 2.10. The molecule has 0 amide bonds. The van der Waals surface area contributed by atoms with E-state index in [9.17, 15) is 9.59 Å². The molecule has 5 nitrogen and oxygen atoms in total. The summed E-state index contributed by atoms with van der Waals surface area (Å²) >= 11 is 1.57. The van der Waals surface area contributed by atoms with E-state index in [1.54, 1.807) is 16.3 Å². The predicted molar refractivity (Wildman–Crippen MR) is 49.6 cm³/mol. The lowest BCUT2D eigenvalue weighted by Gasteiger charge is -1.95. The summed E-state index contributed by atoms with van der Waals surface area (Å²) in [7, 11) is 0. The van der Waals surface area contributed by atoms with Gasteiger partial charge >= 0.3 is 11.9 Å². The Kier molecular flexibility index (Phi) is 1.99. The molecule has 74 valence electrons. The Morgan fingerprint density at radius 1 is 1.36 bits per heavy atom. The van der Waals surface area contributed by atoms with Crippen LogP contribution in [0.15, 0.2) is 6.20 Å². The summed E-state index contributed by atoms with van der Waals surface area (Å²) in [5, 5.41) is 17.7. The lowest BCUT2D eigenvalue weighted by molar-refractivity contribution is 0.0652. The van der Waals surface area contributed by atoms with Crippen LogP contribution in [0, 0.1) is 0 Å². The number of carboxylic acid groups (broad SMARTS) is 2. The zero-order chi connectivity index (χ0) is 10.3. The van der Waals surface area contributed by atoms with Gasteiger partial charge in [0.05, 0.1) is 17.0 Å². The first-order valence-corrected chi connectivity index (χ1v) is 5.03. The average Bonchev–Trinajstić information content (AvgIpc) is 2.58. The molecule has 6 heteroatoms. The molecule has 0 saturated heterocycles. The molecule has 2 N–H and O–H groups in total. The number of rotatable bonds is 2. The third kappa shape index (κ3) is 1.19. The van der Waals surface area contributed by atoms with Crippen molar-refractivity contribution < 1.29 is 19.8 Å². The smallest absolute Gasteiger partial charge is 0.338 e. The molecule has 1 aromatic rings. The predicted octanol–water partition coefficient (Wildman–Crippen LogP) is 1.09. The van der Waals surface area contributed by atoms with Gasteiger partial charge in [-0.3, -0.25) is 0 Å². The highest BCUT2D eigenvalue weighted by molar-refractivity contribution is 7.97. The summed E-state index contributed by atoms with van der Waals surface area (Å²) in [6, 6.07) is 0. The maximum atomic E-state index is 10.9. The number of carboxylic acids is 2. The molecule has 2 heterocycles. The molecule has 1 aliphatic heterocycles. The monoisotopic (exact) mass is 213 g/mol. The normalized spacial score (nSPS) is 14.0. The molecule has 0 atom stereocenters. The summed E-state index contributed by atoms with van der Waals surface area (Å²) in [5.41, 5.74) is 0.412. The van der Waals surface area contributed by atoms with Gasteiger partial charge in [0.2, 0.25) is 0 Å². The molecule has 1 aromatic heterocycles. The number of nitrogens with zero attached hydrogens (tertiary/aromatic N) is 1. The van der Waals surface area contributed by atoms with Crippen molar-refractivity contribution >= 4 is 23.7 Å². The molecule has 0 aromatic carbocycles. The molecule has 0 spiro atoms. The molecule has 14 heavy (non-hydrogen) atoms. The van der Waals surface area contributed by atoms with Crippen molar-refractivity contribution in [2.45, 2.75) is 11.6 Å². The second-order valence-electron chi connectivity index (χ2n) is 2.92. The lowest BCUT2D eigenvalue weighted by atomic mass is 10.1. The minimum absolute atomic E-state index is 0.0671. The van der Waals surface area contributed by atoms with Gasteiger partial charge in [0.25, 0.3) is 0 Å². The molecule has 0 unspecified atom stereocenters. The highest BCUT2D eigenvalue weighted by Crippen LogP contribution is 2.30. The zero-order valence-corrected chi connectivity index (χ0v) is 7.87. The number of hydrogen-bond donors (Lipinski definition) is 2. The molecule has 0 radical (unpaired) electrons. The number of fused-ring (bicyclic) bond motifs is 1. The second-order valence-corrected chi connectivity index (χ2v) is 3.88. The first-order chi connectivity index (χ1) is 6.61. The second kappa shape index (κ2) is 3.06. The zero-order valence-electron chi connectivity index (χ0n) is 7.06. The van der Waals surface area contributed by atoms with Crippen molar-refractivity contribution in [3.8, 4) is 0 Å². The highest BCUT2D eigenvalue weighted by atomic mass is 32.2. The van der Waals surface area contributed by atoms with E-state index in [1.807, 2.05) is 0 Å². The topological polar surface area (TPSA) is 79.5 Å². The Balaban J connectivity index is 2.62. The SMILES string of the molecule is O=C(O)c1cn2c(c1C(=O)O)CSC2. The van der Waals surface area contributed by atoms with E-state index in [-0.39, 0.29) is 11.1 Å². The van der Waals surface area contributed by atoms with Crippen LogP contribution in [0.1, 0.15) is 26.4 Å². The highest BCUT2D eigenvalue weighted by Gasteiger charge is 2.27. The average molecular weight is 213 g/mol. The molecule has 0 bridgehead atoms. The molecule has 0 saturated carbocycles. The minimum atomic E-state index is -1.19. The summed E-state index contributed by atoms with van der Waals surface area (Å²) < 4.78 is 1.68. The van der Waals surface area contributed by atoms with Crippen LogP contribution in [-0.4, -0.2) is 26.7 Å². The van der Waals surface area contributed by atoms with Crippen molar-refractivity contribution in [3.05, 3.63) is 23.0 Å². The van der Waals surface area contributed by atoms with Crippen LogP contribution in [0.4, 0.5) is 0 Å². The fourth-order valence-electron chi connectivity index (χ4n) is 1.51. The number of carbonyl (C=O) groups is 2. The molecule has 1 aliphatic rings. The molecule has 2 rings (SSSR count). The Morgan fingerprint density at radius 2 is 2.07 bits per heavy atom. The Morgan fingerprint density at radius 3 is 2.64 bits per heavy atom. The quantitative estimate of drug-likeness (QED) is 0.768. The number of thioether (sulfide) groups is 1. The van der Waals surface area contributed by atoms with E-state index in [1.165, 1.54) is 6.20 Å². The summed E-state index contributed by atoms with van der Waals surface area (Å²) in [4.78, 5) is 21.6. The van der Waals surface area contributed by atoms with Crippen molar-refractivity contribution in [2.75, 3.05) is 0 Å². The molecule has 0 fully saturated rings. The number of hydrogen-bond acceptors (Lipinski definition) is 3. The van der Waals surface area contributed by atoms with Crippen LogP contribution in [0.3, 0.4) is 0 Å². The van der Waals surface area contributed by atoms with Crippen LogP contribution in [0.2, 0.25) is 0 Å². The van der Waals surface area contributed by atoms with Gasteiger partial charge in [-0.25, -0.2) is 9.59 Å². The minimum Gasteiger partial charge on any atom is -0.478 e. The van der Waals surface area contributed by atoms with E-state index < -0.39 is 11.9 Å². The molecular formula is C8H7NO4S. The fraction of sp³-hybridized carbons (Fsp3) is 0.250. The van der Waals surface area contributed by atoms with Crippen LogP contribution in [-0.2, 0) is 11.6 Å². The van der Waals surface area contributed by atoms with Gasteiger partial charge in [-0.05, 0) is 0 Å². The fourth-order valence-corrected chi connectivity index (χ4v) is 2.53. The van der Waals surface area contributed by atoms with Crippen LogP contribution in [0.25, 0.3) is 0 Å². The lowest BCUT2D eigenvalue weighted by Crippen LogP contribution is -2.06. The van der Waals surface area contributed by atoms with Gasteiger partial charge in [0, 0.05) is 17.6 Å². The molecule has 0 aliphatic carbocycles. The first kappa shape index (κ1) is 9.14. The van der Waals surface area contributed by atoms with Crippen LogP contribution < -0.4 is 0 Å². The summed E-state index contributed by atoms with van der Waals surface area (Å²) in [6.45, 7) is 0. The van der Waals surface area contributed by atoms with E-state index >= 15 is 0 Å². The van der Waals surface area contributed by atoms with Gasteiger partial charge in [-0.15, -0.1) is 11.8 Å². The maximum Gasteiger partial charge on any atom is 0.338 e. The van der Waals surface area contributed by atoms with E-state index in [2.05, 4.69) is 0 Å². The van der Waals surface area contributed by atoms with Crippen LogP contribution >= 0.6 is 11.8 Å². The van der Waals surface area contributed by atoms with Crippen molar-refractivity contribution in [1.29, 1.82) is 0 Å². The Bertz CT molecular complexity index is 423. The van der Waals surface area contributed by atoms with E-state index in [0.29, 0.717) is 17.3 Å². The van der Waals surface area contributed by atoms with E-state index in [4.69, 9.17) is 10.2 Å². The summed E-state index contributed by atoms with van der Waals surface area (Å²) in [6.07, 6.45) is 1.39. The Labute approximate surface area is 83.3 Å². The van der Waals surface area contributed by atoms with Gasteiger partial charge < -0.3 is 14.8 Å². The van der Waals surface area contributed by atoms with Crippen molar-refractivity contribution in [1.82, 2.24) is 4.57 Å². The van der Waals surface area contributed by atoms with Crippen molar-refractivity contribution in [3.63, 3.8) is 0 Å². The third-order valence-corrected chi connectivity index (χ3v) is 3.04. The van der Waals surface area contributed by atoms with Gasteiger partial charge in [0.1, 0.15) is 0 Å². The Hall–Kier alpha value is -1.43. The van der Waals surface area contributed by atoms with Crippen LogP contribution in [0.5, 0.6) is 0 Å². The largest absolute Gasteiger partial charge is 0.478 e. The first-order valence-electron chi connectivity index (χ1n) is 3.87. The number of aromatic nitrogens is 1. The van der Waals surface area contributed by atoms with Gasteiger partial charge in [-0.1, -0.05) is 0 Å². The maximum absolute atomic E-state index is 10.9. The van der Waals surface area contributed by atoms with Gasteiger partial charge in [0.15, 0.2) is 0 Å². The van der Waals surface area contributed by atoms with Gasteiger partial charge in [-0.2, -0.15) is 0 Å².